The van der Waals surface area contributed by atoms with Crippen LogP contribution in [0.2, 0.25) is 0 Å². The minimum Gasteiger partial charge on any atom is -0.508 e. The van der Waals surface area contributed by atoms with Gasteiger partial charge in [0.2, 0.25) is 0 Å². The molecule has 1 aromatic carbocycles. The second kappa shape index (κ2) is 5.99. The standard InChI is InChI=1S/C12H17NO.ClH/c14-12-7-3-4-10(8-12)9-13-11-5-1-2-6-11;/h3-4,7-8,11,13-14H,1-2,5-6,9H2;1H. The Balaban J connectivity index is 0.00000112. The van der Waals surface area contributed by atoms with E-state index in [1.807, 2.05) is 18.2 Å². The molecule has 2 rings (SSSR count). The second-order valence-electron chi connectivity index (χ2n) is 4.03. The Bertz CT molecular complexity index is 297. The average molecular weight is 228 g/mol. The Morgan fingerprint density at radius 3 is 2.67 bits per heavy atom. The molecule has 1 aromatic rings. The summed E-state index contributed by atoms with van der Waals surface area (Å²) in [4.78, 5) is 0. The van der Waals surface area contributed by atoms with E-state index < -0.39 is 0 Å². The number of aromatic hydroxyl groups is 1. The van der Waals surface area contributed by atoms with Crippen LogP contribution in [0.1, 0.15) is 31.2 Å². The predicted octanol–water partition coefficient (Wildman–Crippen LogP) is 2.85. The van der Waals surface area contributed by atoms with Gasteiger partial charge in [-0.25, -0.2) is 0 Å². The minimum atomic E-state index is 0. The lowest BCUT2D eigenvalue weighted by Crippen LogP contribution is -2.25. The van der Waals surface area contributed by atoms with Gasteiger partial charge in [-0.05, 0) is 30.5 Å². The van der Waals surface area contributed by atoms with Crippen LogP contribution in [0.5, 0.6) is 5.75 Å². The molecule has 3 heteroatoms. The van der Waals surface area contributed by atoms with Gasteiger partial charge in [-0.2, -0.15) is 0 Å². The van der Waals surface area contributed by atoms with E-state index in [0.717, 1.165) is 12.1 Å². The molecular weight excluding hydrogens is 210 g/mol. The third-order valence-corrected chi connectivity index (χ3v) is 2.86. The molecule has 2 N–H and O–H groups in total. The molecule has 0 saturated heterocycles. The number of hydrogen-bond acceptors (Lipinski definition) is 2. The molecule has 0 bridgehead atoms. The zero-order chi connectivity index (χ0) is 9.80. The van der Waals surface area contributed by atoms with Gasteiger partial charge >= 0.3 is 0 Å². The van der Waals surface area contributed by atoms with Crippen molar-refractivity contribution in [1.29, 1.82) is 0 Å². The highest BCUT2D eigenvalue weighted by molar-refractivity contribution is 5.85. The number of halogens is 1. The average Bonchev–Trinajstić information content (AvgIpc) is 2.67. The van der Waals surface area contributed by atoms with E-state index >= 15 is 0 Å². The number of nitrogens with one attached hydrogen (secondary N) is 1. The molecular formula is C12H18ClNO. The molecule has 1 fully saturated rings. The van der Waals surface area contributed by atoms with Crippen LogP contribution in [0, 0.1) is 0 Å². The van der Waals surface area contributed by atoms with Gasteiger partial charge < -0.3 is 10.4 Å². The molecule has 0 aliphatic heterocycles. The third kappa shape index (κ3) is 3.73. The second-order valence-corrected chi connectivity index (χ2v) is 4.03. The Labute approximate surface area is 97.1 Å². The van der Waals surface area contributed by atoms with E-state index in [4.69, 9.17) is 0 Å². The summed E-state index contributed by atoms with van der Waals surface area (Å²) >= 11 is 0. The summed E-state index contributed by atoms with van der Waals surface area (Å²) < 4.78 is 0. The summed E-state index contributed by atoms with van der Waals surface area (Å²) in [5.41, 5.74) is 1.16. The fraction of sp³-hybridized carbons (Fsp3) is 0.500. The van der Waals surface area contributed by atoms with Gasteiger partial charge in [-0.15, -0.1) is 12.4 Å². The maximum Gasteiger partial charge on any atom is 0.115 e. The van der Waals surface area contributed by atoms with Crippen molar-refractivity contribution in [2.75, 3.05) is 0 Å². The van der Waals surface area contributed by atoms with Crippen molar-refractivity contribution in [3.05, 3.63) is 29.8 Å². The van der Waals surface area contributed by atoms with Gasteiger partial charge in [0.05, 0.1) is 0 Å². The van der Waals surface area contributed by atoms with Crippen LogP contribution < -0.4 is 5.32 Å². The molecule has 15 heavy (non-hydrogen) atoms. The van der Waals surface area contributed by atoms with Crippen molar-refractivity contribution >= 4 is 12.4 Å². The van der Waals surface area contributed by atoms with Gasteiger partial charge in [-0.3, -0.25) is 0 Å². The first-order valence-corrected chi connectivity index (χ1v) is 5.36. The van der Waals surface area contributed by atoms with Crippen molar-refractivity contribution in [3.63, 3.8) is 0 Å². The predicted molar refractivity (Wildman–Crippen MR) is 64.5 cm³/mol. The van der Waals surface area contributed by atoms with Gasteiger partial charge in [0.1, 0.15) is 5.75 Å². The molecule has 0 radical (unpaired) electrons. The SMILES string of the molecule is Cl.Oc1cccc(CNC2CCCC2)c1. The summed E-state index contributed by atoms with van der Waals surface area (Å²) in [7, 11) is 0. The first kappa shape index (κ1) is 12.3. The number of benzene rings is 1. The zero-order valence-corrected chi connectivity index (χ0v) is 9.59. The van der Waals surface area contributed by atoms with E-state index in [9.17, 15) is 5.11 Å². The summed E-state index contributed by atoms with van der Waals surface area (Å²) in [6.07, 6.45) is 5.33. The maximum absolute atomic E-state index is 9.28. The van der Waals surface area contributed by atoms with Crippen molar-refractivity contribution in [2.24, 2.45) is 0 Å². The topological polar surface area (TPSA) is 32.3 Å². The molecule has 84 valence electrons. The number of hydrogen-bond donors (Lipinski definition) is 2. The fourth-order valence-electron chi connectivity index (χ4n) is 2.06. The zero-order valence-electron chi connectivity index (χ0n) is 8.78. The molecule has 0 aromatic heterocycles. The summed E-state index contributed by atoms with van der Waals surface area (Å²) in [6.45, 7) is 0.874. The lowest BCUT2D eigenvalue weighted by molar-refractivity contribution is 0.472. The van der Waals surface area contributed by atoms with E-state index in [1.54, 1.807) is 6.07 Å². The van der Waals surface area contributed by atoms with E-state index in [2.05, 4.69) is 5.32 Å². The van der Waals surface area contributed by atoms with Crippen LogP contribution in [0.15, 0.2) is 24.3 Å². The number of phenols is 1. The van der Waals surface area contributed by atoms with Crippen LogP contribution in [0.25, 0.3) is 0 Å². The van der Waals surface area contributed by atoms with Crippen molar-refractivity contribution in [1.82, 2.24) is 5.32 Å². The van der Waals surface area contributed by atoms with Gasteiger partial charge in [0.25, 0.3) is 0 Å². The molecule has 0 amide bonds. The quantitative estimate of drug-likeness (QED) is 0.833. The largest absolute Gasteiger partial charge is 0.508 e. The molecule has 1 saturated carbocycles. The van der Waals surface area contributed by atoms with Gasteiger partial charge in [-0.1, -0.05) is 25.0 Å². The highest BCUT2D eigenvalue weighted by atomic mass is 35.5. The Morgan fingerprint density at radius 2 is 2.00 bits per heavy atom. The smallest absolute Gasteiger partial charge is 0.115 e. The monoisotopic (exact) mass is 227 g/mol. The first-order valence-electron chi connectivity index (χ1n) is 5.36. The summed E-state index contributed by atoms with van der Waals surface area (Å²) in [6, 6.07) is 8.15. The van der Waals surface area contributed by atoms with Crippen molar-refractivity contribution in [2.45, 2.75) is 38.3 Å². The number of rotatable bonds is 3. The Morgan fingerprint density at radius 1 is 1.27 bits per heavy atom. The van der Waals surface area contributed by atoms with E-state index in [0.29, 0.717) is 11.8 Å². The summed E-state index contributed by atoms with van der Waals surface area (Å²) in [5, 5.41) is 12.8. The molecule has 2 nitrogen and oxygen atoms in total. The molecule has 0 unspecified atom stereocenters. The first-order chi connectivity index (χ1) is 6.84. The van der Waals surface area contributed by atoms with Gasteiger partial charge in [0.15, 0.2) is 0 Å². The van der Waals surface area contributed by atoms with Crippen LogP contribution in [0.3, 0.4) is 0 Å². The lowest BCUT2D eigenvalue weighted by Gasteiger charge is -2.11. The van der Waals surface area contributed by atoms with E-state index in [-0.39, 0.29) is 12.4 Å². The minimum absolute atomic E-state index is 0. The molecule has 1 aliphatic carbocycles. The fourth-order valence-corrected chi connectivity index (χ4v) is 2.06. The van der Waals surface area contributed by atoms with Crippen LogP contribution in [0.4, 0.5) is 0 Å². The maximum atomic E-state index is 9.28. The van der Waals surface area contributed by atoms with Crippen LogP contribution in [-0.4, -0.2) is 11.1 Å². The molecule has 0 atom stereocenters. The van der Waals surface area contributed by atoms with E-state index in [1.165, 1.54) is 25.7 Å². The molecule has 0 spiro atoms. The normalized spacial score (nSPS) is 16.3. The highest BCUT2D eigenvalue weighted by Gasteiger charge is 2.13. The van der Waals surface area contributed by atoms with Crippen LogP contribution in [-0.2, 0) is 6.54 Å². The Kier molecular flexibility index (Phi) is 4.92. The van der Waals surface area contributed by atoms with Crippen molar-refractivity contribution < 1.29 is 5.11 Å². The molecule has 0 heterocycles. The van der Waals surface area contributed by atoms with Crippen molar-refractivity contribution in [3.8, 4) is 5.75 Å². The summed E-state index contributed by atoms with van der Waals surface area (Å²) in [5.74, 6) is 0.357. The lowest BCUT2D eigenvalue weighted by atomic mass is 10.2. The molecule has 1 aliphatic rings. The Hall–Kier alpha value is -0.730. The number of phenolic OH excluding ortho intramolecular Hbond substituents is 1. The van der Waals surface area contributed by atoms with Gasteiger partial charge in [0, 0.05) is 12.6 Å². The highest BCUT2D eigenvalue weighted by Crippen LogP contribution is 2.18. The third-order valence-electron chi connectivity index (χ3n) is 2.86. The van der Waals surface area contributed by atoms with Crippen LogP contribution >= 0.6 is 12.4 Å².